The quantitative estimate of drug-likeness (QED) is 0.662. The summed E-state index contributed by atoms with van der Waals surface area (Å²) in [5.41, 5.74) is 0.603. The van der Waals surface area contributed by atoms with E-state index in [-0.39, 0.29) is 27.8 Å². The lowest BCUT2D eigenvalue weighted by molar-refractivity contribution is -0.118. The third kappa shape index (κ3) is 5.36. The van der Waals surface area contributed by atoms with Gasteiger partial charge in [-0.1, -0.05) is 22.8 Å². The zero-order valence-electron chi connectivity index (χ0n) is 15.8. The standard InChI is InChI=1S/C19H21ClN4O4S/c1-29(27,28)17-5-3-13(10-16(17)20)15(9-12-2-4-14(8-12)24-26)19(25)23-18-11-21-6-7-22-18/h3,5-7,10-12,14-15H,2,4,8-9H2,1H3,(H,22,23,25). The van der Waals surface area contributed by atoms with Crippen LogP contribution in [0.4, 0.5) is 5.82 Å². The molecule has 3 unspecified atom stereocenters. The van der Waals surface area contributed by atoms with Crippen molar-refractivity contribution in [3.63, 3.8) is 0 Å². The Bertz CT molecular complexity index is 1000. The number of hydrogen-bond acceptors (Lipinski definition) is 7. The molecule has 1 heterocycles. The number of rotatable bonds is 7. The number of anilines is 1. The van der Waals surface area contributed by atoms with Crippen LogP contribution in [0.1, 0.15) is 37.2 Å². The monoisotopic (exact) mass is 436 g/mol. The summed E-state index contributed by atoms with van der Waals surface area (Å²) in [5, 5.41) is 5.94. The van der Waals surface area contributed by atoms with Gasteiger partial charge in [0.1, 0.15) is 0 Å². The molecule has 3 atom stereocenters. The van der Waals surface area contributed by atoms with Crippen molar-refractivity contribution < 1.29 is 13.2 Å². The molecule has 0 spiro atoms. The van der Waals surface area contributed by atoms with Crippen LogP contribution in [-0.2, 0) is 14.6 Å². The fraction of sp³-hybridized carbons (Fsp3) is 0.421. The van der Waals surface area contributed by atoms with Crippen LogP contribution in [-0.4, -0.2) is 36.6 Å². The molecule has 1 aliphatic rings. The average molecular weight is 437 g/mol. The van der Waals surface area contributed by atoms with Crippen LogP contribution in [0.2, 0.25) is 5.02 Å². The van der Waals surface area contributed by atoms with Crippen molar-refractivity contribution in [1.82, 2.24) is 9.97 Å². The molecule has 1 aliphatic carbocycles. The van der Waals surface area contributed by atoms with E-state index in [0.717, 1.165) is 12.7 Å². The van der Waals surface area contributed by atoms with E-state index in [2.05, 4.69) is 20.5 Å². The molecule has 3 rings (SSSR count). The number of carbonyl (C=O) groups is 1. The topological polar surface area (TPSA) is 118 Å². The van der Waals surface area contributed by atoms with Gasteiger partial charge in [-0.3, -0.25) is 9.78 Å². The summed E-state index contributed by atoms with van der Waals surface area (Å²) in [6.45, 7) is 0. The fourth-order valence-corrected chi connectivity index (χ4v) is 5.04. The van der Waals surface area contributed by atoms with Crippen molar-refractivity contribution in [3.05, 3.63) is 52.3 Å². The van der Waals surface area contributed by atoms with E-state index in [1.807, 2.05) is 0 Å². The number of halogens is 1. The summed E-state index contributed by atoms with van der Waals surface area (Å²) in [5.74, 6) is -0.404. The van der Waals surface area contributed by atoms with E-state index in [1.165, 1.54) is 30.7 Å². The highest BCUT2D eigenvalue weighted by Gasteiger charge is 2.31. The molecular weight excluding hydrogens is 416 g/mol. The molecule has 154 valence electrons. The van der Waals surface area contributed by atoms with Crippen molar-refractivity contribution in [1.29, 1.82) is 0 Å². The van der Waals surface area contributed by atoms with Crippen LogP contribution in [0.5, 0.6) is 0 Å². The van der Waals surface area contributed by atoms with Gasteiger partial charge in [-0.15, -0.1) is 0 Å². The number of sulfone groups is 1. The van der Waals surface area contributed by atoms with Crippen LogP contribution in [0.15, 0.2) is 46.9 Å². The van der Waals surface area contributed by atoms with Crippen molar-refractivity contribution in [2.75, 3.05) is 11.6 Å². The minimum atomic E-state index is -3.48. The van der Waals surface area contributed by atoms with E-state index in [9.17, 15) is 18.1 Å². The highest BCUT2D eigenvalue weighted by atomic mass is 35.5. The van der Waals surface area contributed by atoms with Gasteiger partial charge in [0.25, 0.3) is 0 Å². The van der Waals surface area contributed by atoms with E-state index in [4.69, 9.17) is 11.6 Å². The fourth-order valence-electron chi connectivity index (χ4n) is 3.70. The number of aromatic nitrogens is 2. The van der Waals surface area contributed by atoms with Crippen molar-refractivity contribution in [2.45, 2.75) is 42.5 Å². The van der Waals surface area contributed by atoms with Crippen molar-refractivity contribution >= 4 is 33.2 Å². The van der Waals surface area contributed by atoms with Gasteiger partial charge >= 0.3 is 0 Å². The summed E-state index contributed by atoms with van der Waals surface area (Å²) in [6.07, 6.45) is 8.14. The summed E-state index contributed by atoms with van der Waals surface area (Å²) in [6, 6.07) is 4.32. The lowest BCUT2D eigenvalue weighted by Crippen LogP contribution is -2.24. The van der Waals surface area contributed by atoms with Crippen LogP contribution in [0.3, 0.4) is 0 Å². The summed E-state index contributed by atoms with van der Waals surface area (Å²) >= 11 is 6.20. The average Bonchev–Trinajstić information content (AvgIpc) is 3.13. The third-order valence-corrected chi connectivity index (χ3v) is 6.70. The SMILES string of the molecule is CS(=O)(=O)c1ccc(C(CC2CCC(N=O)C2)C(=O)Nc2cnccn2)cc1Cl. The van der Waals surface area contributed by atoms with E-state index in [1.54, 1.807) is 6.07 Å². The minimum absolute atomic E-state index is 0.0158. The molecule has 1 saturated carbocycles. The highest BCUT2D eigenvalue weighted by Crippen LogP contribution is 2.37. The molecule has 10 heteroatoms. The number of carbonyl (C=O) groups excluding carboxylic acids is 1. The zero-order valence-corrected chi connectivity index (χ0v) is 17.4. The molecule has 1 aromatic heterocycles. The second-order valence-corrected chi connectivity index (χ2v) is 9.66. The second kappa shape index (κ2) is 8.96. The normalized spacial score (nSPS) is 20.2. The van der Waals surface area contributed by atoms with Gasteiger partial charge in [0.15, 0.2) is 15.7 Å². The Morgan fingerprint density at radius 2 is 2.14 bits per heavy atom. The number of benzene rings is 1. The van der Waals surface area contributed by atoms with Gasteiger partial charge in [0, 0.05) is 18.6 Å². The number of nitrogens with zero attached hydrogens (tertiary/aromatic N) is 3. The molecule has 29 heavy (non-hydrogen) atoms. The van der Waals surface area contributed by atoms with Gasteiger partial charge in [-0.2, -0.15) is 4.91 Å². The van der Waals surface area contributed by atoms with Crippen LogP contribution in [0, 0.1) is 10.8 Å². The Kier molecular flexibility index (Phi) is 6.59. The summed E-state index contributed by atoms with van der Waals surface area (Å²) in [7, 11) is -3.48. The first kappa shape index (κ1) is 21.3. The molecule has 0 aliphatic heterocycles. The predicted molar refractivity (Wildman–Crippen MR) is 110 cm³/mol. The molecular formula is C19H21ClN4O4S. The Morgan fingerprint density at radius 3 is 2.72 bits per heavy atom. The molecule has 1 N–H and O–H groups in total. The Hall–Kier alpha value is -2.39. The van der Waals surface area contributed by atoms with Gasteiger partial charge in [0.2, 0.25) is 5.91 Å². The van der Waals surface area contributed by atoms with Crippen LogP contribution in [0.25, 0.3) is 0 Å². The second-order valence-electron chi connectivity index (χ2n) is 7.27. The number of hydrogen-bond donors (Lipinski definition) is 1. The molecule has 8 nitrogen and oxygen atoms in total. The molecule has 0 saturated heterocycles. The van der Waals surface area contributed by atoms with E-state index >= 15 is 0 Å². The molecule has 1 aromatic carbocycles. The Labute approximate surface area is 174 Å². The molecule has 1 fully saturated rings. The summed E-state index contributed by atoms with van der Waals surface area (Å²) < 4.78 is 23.7. The van der Waals surface area contributed by atoms with E-state index in [0.29, 0.717) is 30.6 Å². The first-order chi connectivity index (χ1) is 13.8. The maximum Gasteiger partial charge on any atom is 0.233 e. The summed E-state index contributed by atoms with van der Waals surface area (Å²) in [4.78, 5) is 31.9. The Morgan fingerprint density at radius 1 is 1.34 bits per heavy atom. The van der Waals surface area contributed by atoms with Crippen molar-refractivity contribution in [2.24, 2.45) is 11.1 Å². The molecule has 1 amide bonds. The van der Waals surface area contributed by atoms with Gasteiger partial charge in [-0.05, 0) is 49.3 Å². The minimum Gasteiger partial charge on any atom is -0.309 e. The lowest BCUT2D eigenvalue weighted by Gasteiger charge is -2.21. The lowest BCUT2D eigenvalue weighted by atomic mass is 9.87. The third-order valence-electron chi connectivity index (χ3n) is 5.12. The van der Waals surface area contributed by atoms with Gasteiger partial charge in [-0.25, -0.2) is 13.4 Å². The highest BCUT2D eigenvalue weighted by molar-refractivity contribution is 7.90. The van der Waals surface area contributed by atoms with Crippen LogP contribution >= 0.6 is 11.6 Å². The first-order valence-corrected chi connectivity index (χ1v) is 11.4. The number of nitroso groups, excluding NO2 is 1. The Balaban J connectivity index is 1.88. The number of amides is 1. The molecule has 2 aromatic rings. The van der Waals surface area contributed by atoms with Crippen LogP contribution < -0.4 is 5.32 Å². The van der Waals surface area contributed by atoms with Gasteiger partial charge in [0.05, 0.1) is 28.1 Å². The molecule has 0 radical (unpaired) electrons. The first-order valence-electron chi connectivity index (χ1n) is 9.16. The zero-order chi connectivity index (χ0) is 21.0. The molecule has 0 bridgehead atoms. The predicted octanol–water partition coefficient (Wildman–Crippen LogP) is 3.58. The van der Waals surface area contributed by atoms with E-state index < -0.39 is 15.8 Å². The maximum absolute atomic E-state index is 13.0. The van der Waals surface area contributed by atoms with Crippen molar-refractivity contribution in [3.8, 4) is 0 Å². The number of nitrogens with one attached hydrogen (secondary N) is 1. The van der Waals surface area contributed by atoms with Gasteiger partial charge < -0.3 is 5.32 Å². The maximum atomic E-state index is 13.0. The smallest absolute Gasteiger partial charge is 0.233 e. The largest absolute Gasteiger partial charge is 0.309 e.